The van der Waals surface area contributed by atoms with Crippen molar-refractivity contribution < 1.29 is 9.84 Å². The summed E-state index contributed by atoms with van der Waals surface area (Å²) < 4.78 is 5.50. The number of hydrogen-bond donors (Lipinski definition) is 3. The lowest BCUT2D eigenvalue weighted by molar-refractivity contribution is -0.0491. The van der Waals surface area contributed by atoms with Crippen LogP contribution in [-0.2, 0) is 4.74 Å². The first-order chi connectivity index (χ1) is 8.81. The highest BCUT2D eigenvalue weighted by Gasteiger charge is 2.31. The van der Waals surface area contributed by atoms with Crippen LogP contribution in [0, 0.1) is 5.92 Å². The second-order valence-corrected chi connectivity index (χ2v) is 5.72. The Morgan fingerprint density at radius 2 is 2.00 bits per heavy atom. The first kappa shape index (κ1) is 14.3. The molecule has 1 aliphatic carbocycles. The normalized spacial score (nSPS) is 35.3. The van der Waals surface area contributed by atoms with Gasteiger partial charge in [0.05, 0.1) is 6.10 Å². The number of methoxy groups -OCH3 is 1. The largest absolute Gasteiger partial charge is 0.381 e. The van der Waals surface area contributed by atoms with E-state index in [-0.39, 0.29) is 12.0 Å². The Bertz CT molecular complexity index is 232. The molecule has 0 aromatic rings. The molecule has 3 unspecified atom stereocenters. The summed E-state index contributed by atoms with van der Waals surface area (Å²) in [6, 6.07) is 0.526. The van der Waals surface area contributed by atoms with E-state index in [1.54, 1.807) is 7.11 Å². The van der Waals surface area contributed by atoms with Gasteiger partial charge in [-0.3, -0.25) is 5.32 Å². The van der Waals surface area contributed by atoms with Gasteiger partial charge in [0.1, 0.15) is 6.23 Å². The smallest absolute Gasteiger partial charge is 0.110 e. The fourth-order valence-corrected chi connectivity index (χ4v) is 3.29. The fraction of sp³-hybridized carbons (Fsp3) is 1.00. The maximum atomic E-state index is 10.3. The van der Waals surface area contributed by atoms with Crippen LogP contribution in [0.3, 0.4) is 0 Å². The summed E-state index contributed by atoms with van der Waals surface area (Å²) in [7, 11) is 1.76. The van der Waals surface area contributed by atoms with Crippen LogP contribution in [0.15, 0.2) is 0 Å². The lowest BCUT2D eigenvalue weighted by Crippen LogP contribution is -2.49. The number of ether oxygens (including phenoxy) is 1. The summed E-state index contributed by atoms with van der Waals surface area (Å²) in [6.07, 6.45) is 8.22. The minimum absolute atomic E-state index is 0.223. The molecule has 18 heavy (non-hydrogen) atoms. The summed E-state index contributed by atoms with van der Waals surface area (Å²) >= 11 is 0. The molecule has 4 heteroatoms. The monoisotopic (exact) mass is 256 g/mol. The number of nitrogens with one attached hydrogen (secondary N) is 2. The maximum absolute atomic E-state index is 10.3. The molecule has 0 amide bonds. The highest BCUT2D eigenvalue weighted by molar-refractivity contribution is 4.82. The molecule has 0 radical (unpaired) electrons. The molecule has 0 bridgehead atoms. The van der Waals surface area contributed by atoms with Crippen molar-refractivity contribution in [2.45, 2.75) is 63.3 Å². The third-order valence-corrected chi connectivity index (χ3v) is 4.45. The van der Waals surface area contributed by atoms with Crippen molar-refractivity contribution in [1.29, 1.82) is 0 Å². The first-order valence-corrected chi connectivity index (χ1v) is 7.49. The second-order valence-electron chi connectivity index (χ2n) is 5.72. The van der Waals surface area contributed by atoms with Crippen LogP contribution in [-0.4, -0.2) is 43.7 Å². The number of aliphatic hydroxyl groups excluding tert-OH is 1. The molecule has 1 aliphatic heterocycles. The van der Waals surface area contributed by atoms with Gasteiger partial charge < -0.3 is 15.2 Å². The van der Waals surface area contributed by atoms with Gasteiger partial charge >= 0.3 is 0 Å². The van der Waals surface area contributed by atoms with Gasteiger partial charge in [-0.25, -0.2) is 0 Å². The van der Waals surface area contributed by atoms with E-state index in [2.05, 4.69) is 10.6 Å². The van der Waals surface area contributed by atoms with Gasteiger partial charge in [0, 0.05) is 25.6 Å². The maximum Gasteiger partial charge on any atom is 0.110 e. The number of piperidine rings is 1. The Morgan fingerprint density at radius 1 is 1.22 bits per heavy atom. The molecule has 1 saturated heterocycles. The Kier molecular flexibility index (Phi) is 5.89. The van der Waals surface area contributed by atoms with E-state index >= 15 is 0 Å². The third kappa shape index (κ3) is 3.92. The van der Waals surface area contributed by atoms with Crippen molar-refractivity contribution >= 4 is 0 Å². The molecule has 1 saturated carbocycles. The van der Waals surface area contributed by atoms with Crippen molar-refractivity contribution in [3.8, 4) is 0 Å². The predicted molar refractivity (Wildman–Crippen MR) is 72.4 cm³/mol. The summed E-state index contributed by atoms with van der Waals surface area (Å²) in [5.41, 5.74) is 0. The van der Waals surface area contributed by atoms with Gasteiger partial charge in [0.2, 0.25) is 0 Å². The van der Waals surface area contributed by atoms with Crippen LogP contribution >= 0.6 is 0 Å². The number of hydrogen-bond acceptors (Lipinski definition) is 4. The average Bonchev–Trinajstić information content (AvgIpc) is 2.45. The summed E-state index contributed by atoms with van der Waals surface area (Å²) in [4.78, 5) is 0. The SMILES string of the molecule is COC1CCCCC1[C@@H](O)NCC1CCCCN1. The average molecular weight is 256 g/mol. The van der Waals surface area contributed by atoms with E-state index < -0.39 is 6.23 Å². The third-order valence-electron chi connectivity index (χ3n) is 4.45. The Hall–Kier alpha value is -0.160. The zero-order valence-corrected chi connectivity index (χ0v) is 11.5. The van der Waals surface area contributed by atoms with Crippen molar-refractivity contribution in [2.75, 3.05) is 20.2 Å². The van der Waals surface area contributed by atoms with Crippen molar-refractivity contribution in [3.05, 3.63) is 0 Å². The first-order valence-electron chi connectivity index (χ1n) is 7.49. The van der Waals surface area contributed by atoms with E-state index in [1.807, 2.05) is 0 Å². The molecule has 2 aliphatic rings. The van der Waals surface area contributed by atoms with Crippen LogP contribution in [0.2, 0.25) is 0 Å². The van der Waals surface area contributed by atoms with Crippen LogP contribution in [0.4, 0.5) is 0 Å². The molecule has 2 fully saturated rings. The van der Waals surface area contributed by atoms with Gasteiger partial charge in [-0.15, -0.1) is 0 Å². The van der Waals surface area contributed by atoms with E-state index in [9.17, 15) is 5.11 Å². The highest BCUT2D eigenvalue weighted by atomic mass is 16.5. The molecular formula is C14H28N2O2. The van der Waals surface area contributed by atoms with Gasteiger partial charge in [0.25, 0.3) is 0 Å². The van der Waals surface area contributed by atoms with Crippen LogP contribution < -0.4 is 10.6 Å². The van der Waals surface area contributed by atoms with Crippen molar-refractivity contribution in [2.24, 2.45) is 5.92 Å². The minimum Gasteiger partial charge on any atom is -0.381 e. The van der Waals surface area contributed by atoms with E-state index in [0.717, 1.165) is 25.9 Å². The quantitative estimate of drug-likeness (QED) is 0.648. The van der Waals surface area contributed by atoms with Crippen molar-refractivity contribution in [3.63, 3.8) is 0 Å². The zero-order valence-electron chi connectivity index (χ0n) is 11.5. The Labute approximate surface area is 110 Å². The summed E-state index contributed by atoms with van der Waals surface area (Å²) in [6.45, 7) is 1.99. The molecule has 1 heterocycles. The summed E-state index contributed by atoms with van der Waals surface area (Å²) in [5.74, 6) is 0.257. The van der Waals surface area contributed by atoms with Crippen LogP contribution in [0.25, 0.3) is 0 Å². The van der Waals surface area contributed by atoms with Gasteiger partial charge in [-0.1, -0.05) is 19.3 Å². The Balaban J connectivity index is 1.73. The molecule has 0 spiro atoms. The van der Waals surface area contributed by atoms with Crippen LogP contribution in [0.5, 0.6) is 0 Å². The highest BCUT2D eigenvalue weighted by Crippen LogP contribution is 2.28. The second kappa shape index (κ2) is 7.43. The molecule has 4 atom stereocenters. The zero-order chi connectivity index (χ0) is 12.8. The van der Waals surface area contributed by atoms with E-state index in [1.165, 1.54) is 32.1 Å². The molecule has 3 N–H and O–H groups in total. The molecule has 4 nitrogen and oxygen atoms in total. The van der Waals surface area contributed by atoms with Gasteiger partial charge in [-0.05, 0) is 32.2 Å². The van der Waals surface area contributed by atoms with Gasteiger partial charge in [-0.2, -0.15) is 0 Å². The number of rotatable bonds is 5. The van der Waals surface area contributed by atoms with Gasteiger partial charge in [0.15, 0.2) is 0 Å². The van der Waals surface area contributed by atoms with Crippen LogP contribution in [0.1, 0.15) is 44.9 Å². The van der Waals surface area contributed by atoms with Crippen molar-refractivity contribution in [1.82, 2.24) is 10.6 Å². The topological polar surface area (TPSA) is 53.5 Å². The Morgan fingerprint density at radius 3 is 2.72 bits per heavy atom. The predicted octanol–water partition coefficient (Wildman–Crippen LogP) is 1.24. The number of aliphatic hydroxyl groups is 1. The lowest BCUT2D eigenvalue weighted by atomic mass is 9.85. The molecular weight excluding hydrogens is 228 g/mol. The fourth-order valence-electron chi connectivity index (χ4n) is 3.29. The molecule has 0 aromatic carbocycles. The standard InChI is InChI=1S/C14H28N2O2/c1-18-13-8-3-2-7-12(13)14(17)16-10-11-6-4-5-9-15-11/h11-17H,2-10H2,1H3/t11?,12?,13?,14-/m1/s1. The molecule has 0 aromatic heterocycles. The van der Waals surface area contributed by atoms with E-state index in [0.29, 0.717) is 6.04 Å². The van der Waals surface area contributed by atoms with E-state index in [4.69, 9.17) is 4.74 Å². The molecule has 2 rings (SSSR count). The summed E-state index contributed by atoms with van der Waals surface area (Å²) in [5, 5.41) is 17.1. The molecule has 106 valence electrons. The lowest BCUT2D eigenvalue weighted by Gasteiger charge is -2.35. The minimum atomic E-state index is -0.418.